The molecule has 0 rings (SSSR count). The SMILES string of the molecule is CCCCCCCCCCC/C=C/C(OC(=O)CCCCCCCCCCCCCCC)C(COP(=O)([O-])OCC[N+](C)(C)C)NC(=O)CCCCCCCCCCCCCCCCCC. The molecule has 0 aliphatic heterocycles. The Balaban J connectivity index is 5.28. The highest BCUT2D eigenvalue weighted by Gasteiger charge is 2.27. The number of carbonyl (C=O) groups excluding carboxylic acids is 2. The van der Waals surface area contributed by atoms with Crippen molar-refractivity contribution in [2.24, 2.45) is 0 Å². The number of amides is 1. The molecule has 0 aliphatic carbocycles. The van der Waals surface area contributed by atoms with Crippen molar-refractivity contribution in [1.29, 1.82) is 0 Å². The summed E-state index contributed by atoms with van der Waals surface area (Å²) in [6.45, 7) is 6.87. The zero-order valence-electron chi connectivity index (χ0n) is 44.7. The molecule has 0 fully saturated rings. The van der Waals surface area contributed by atoms with E-state index in [9.17, 15) is 19.0 Å². The molecule has 10 heteroatoms. The van der Waals surface area contributed by atoms with Crippen molar-refractivity contribution < 1.29 is 37.3 Å². The van der Waals surface area contributed by atoms with Crippen molar-refractivity contribution in [3.8, 4) is 0 Å². The first kappa shape index (κ1) is 64.8. The smallest absolute Gasteiger partial charge is 0.306 e. The van der Waals surface area contributed by atoms with Crippen LogP contribution in [0.3, 0.4) is 0 Å². The summed E-state index contributed by atoms with van der Waals surface area (Å²) in [5, 5.41) is 3.02. The molecule has 0 radical (unpaired) electrons. The maximum absolute atomic E-state index is 13.5. The van der Waals surface area contributed by atoms with Crippen LogP contribution >= 0.6 is 7.82 Å². The van der Waals surface area contributed by atoms with Crippen LogP contribution in [-0.4, -0.2) is 69.4 Å². The molecule has 0 aromatic carbocycles. The van der Waals surface area contributed by atoms with Crippen LogP contribution in [0.4, 0.5) is 0 Å². The number of nitrogens with one attached hydrogen (secondary N) is 1. The number of nitrogens with zero attached hydrogens (tertiary/aromatic N) is 1. The molecule has 9 nitrogen and oxygen atoms in total. The minimum atomic E-state index is -4.68. The van der Waals surface area contributed by atoms with E-state index in [0.29, 0.717) is 17.4 Å². The zero-order valence-corrected chi connectivity index (χ0v) is 45.6. The van der Waals surface area contributed by atoms with Crippen molar-refractivity contribution in [2.75, 3.05) is 40.9 Å². The van der Waals surface area contributed by atoms with Gasteiger partial charge in [0.1, 0.15) is 19.3 Å². The van der Waals surface area contributed by atoms with Crippen molar-refractivity contribution in [2.45, 2.75) is 296 Å². The molecule has 66 heavy (non-hydrogen) atoms. The summed E-state index contributed by atoms with van der Waals surface area (Å²) in [6, 6.07) is -0.877. The topological polar surface area (TPSA) is 114 Å². The van der Waals surface area contributed by atoms with Gasteiger partial charge in [-0.1, -0.05) is 252 Å². The highest BCUT2D eigenvalue weighted by atomic mass is 31.2. The van der Waals surface area contributed by atoms with Gasteiger partial charge in [-0.15, -0.1) is 0 Å². The lowest BCUT2D eigenvalue weighted by Gasteiger charge is -2.30. The minimum absolute atomic E-state index is 0.0171. The fourth-order valence-corrected chi connectivity index (χ4v) is 9.25. The predicted octanol–water partition coefficient (Wildman–Crippen LogP) is 16.2. The van der Waals surface area contributed by atoms with Crippen LogP contribution in [0.2, 0.25) is 0 Å². The first-order valence-electron chi connectivity index (χ1n) is 28.5. The first-order valence-corrected chi connectivity index (χ1v) is 30.0. The maximum Gasteiger partial charge on any atom is 0.306 e. The van der Waals surface area contributed by atoms with Gasteiger partial charge in [0.05, 0.1) is 33.8 Å². The van der Waals surface area contributed by atoms with Gasteiger partial charge in [0, 0.05) is 12.8 Å². The lowest BCUT2D eigenvalue weighted by Crippen LogP contribution is -2.47. The number of hydrogen-bond acceptors (Lipinski definition) is 7. The molecule has 1 amide bonds. The van der Waals surface area contributed by atoms with E-state index < -0.39 is 20.0 Å². The maximum atomic E-state index is 13.5. The standard InChI is InChI=1S/C56H111N2O7P/c1-7-10-13-16-19-22-25-27-28-29-31-33-36-39-42-45-48-55(59)57-53(52-64-66(61,62)63-51-50-58(4,5)6)54(47-44-41-38-35-32-24-21-18-15-12-9-3)65-56(60)49-46-43-40-37-34-30-26-23-20-17-14-11-8-2/h44,47,53-54H,7-43,45-46,48-52H2,1-6H3,(H-,57,59,61,62)/b47-44+. The fourth-order valence-electron chi connectivity index (χ4n) is 8.52. The number of rotatable bonds is 52. The lowest BCUT2D eigenvalue weighted by molar-refractivity contribution is -0.870. The van der Waals surface area contributed by atoms with Crippen LogP contribution in [0.1, 0.15) is 284 Å². The normalized spacial score (nSPS) is 13.9. The lowest BCUT2D eigenvalue weighted by atomic mass is 10.0. The van der Waals surface area contributed by atoms with E-state index in [1.54, 1.807) is 0 Å². The summed E-state index contributed by atoms with van der Waals surface area (Å²) in [5.74, 6) is -0.525. The molecule has 0 aliphatic rings. The summed E-state index contributed by atoms with van der Waals surface area (Å²) in [7, 11) is 1.20. The number of phosphoric acid groups is 1. The molecule has 3 atom stereocenters. The molecule has 3 unspecified atom stereocenters. The van der Waals surface area contributed by atoms with Gasteiger partial charge in [0.2, 0.25) is 5.91 Å². The fraction of sp³-hybridized carbons (Fsp3) is 0.929. The Hall–Kier alpha value is -1.25. The summed E-state index contributed by atoms with van der Waals surface area (Å²) < 4.78 is 30.2. The third-order valence-electron chi connectivity index (χ3n) is 13.0. The highest BCUT2D eigenvalue weighted by molar-refractivity contribution is 7.45. The Bertz CT molecular complexity index is 1150. The largest absolute Gasteiger partial charge is 0.756 e. The van der Waals surface area contributed by atoms with Crippen molar-refractivity contribution in [3.63, 3.8) is 0 Å². The molecule has 1 N–H and O–H groups in total. The Kier molecular flexibility index (Phi) is 46.5. The molecule has 0 aromatic heterocycles. The second-order valence-corrected chi connectivity index (χ2v) is 22.2. The Morgan fingerprint density at radius 1 is 0.515 bits per heavy atom. The molecule has 0 saturated heterocycles. The molecule has 0 saturated carbocycles. The van der Waals surface area contributed by atoms with Gasteiger partial charge in [0.15, 0.2) is 0 Å². The number of quaternary nitrogens is 1. The minimum Gasteiger partial charge on any atom is -0.756 e. The number of carbonyl (C=O) groups is 2. The van der Waals surface area contributed by atoms with E-state index in [-0.39, 0.29) is 31.5 Å². The zero-order chi connectivity index (χ0) is 48.7. The van der Waals surface area contributed by atoms with Gasteiger partial charge in [-0.05, 0) is 31.8 Å². The average molecular weight is 955 g/mol. The van der Waals surface area contributed by atoms with Gasteiger partial charge in [-0.2, -0.15) is 0 Å². The molecule has 0 bridgehead atoms. The van der Waals surface area contributed by atoms with E-state index in [2.05, 4.69) is 26.1 Å². The third-order valence-corrected chi connectivity index (χ3v) is 13.9. The van der Waals surface area contributed by atoms with Gasteiger partial charge in [-0.25, -0.2) is 0 Å². The number of phosphoric ester groups is 1. The van der Waals surface area contributed by atoms with E-state index in [1.807, 2.05) is 33.3 Å². The monoisotopic (exact) mass is 955 g/mol. The molecule has 392 valence electrons. The number of esters is 1. The highest BCUT2D eigenvalue weighted by Crippen LogP contribution is 2.38. The van der Waals surface area contributed by atoms with Crippen LogP contribution in [0, 0.1) is 0 Å². The van der Waals surface area contributed by atoms with Crippen molar-refractivity contribution >= 4 is 19.7 Å². The van der Waals surface area contributed by atoms with Crippen molar-refractivity contribution in [1.82, 2.24) is 5.32 Å². The van der Waals surface area contributed by atoms with Crippen LogP contribution in [0.25, 0.3) is 0 Å². The summed E-state index contributed by atoms with van der Waals surface area (Å²) in [6.07, 6.45) is 51.7. The number of unbranched alkanes of at least 4 members (excludes halogenated alkanes) is 36. The summed E-state index contributed by atoms with van der Waals surface area (Å²) in [5.41, 5.74) is 0. The van der Waals surface area contributed by atoms with Crippen LogP contribution in [0.5, 0.6) is 0 Å². The first-order chi connectivity index (χ1) is 31.9. The van der Waals surface area contributed by atoms with Crippen molar-refractivity contribution in [3.05, 3.63) is 12.2 Å². The van der Waals surface area contributed by atoms with Crippen LogP contribution in [0.15, 0.2) is 12.2 Å². The molecular weight excluding hydrogens is 844 g/mol. The number of ether oxygens (including phenoxy) is 1. The van der Waals surface area contributed by atoms with Crippen LogP contribution < -0.4 is 10.2 Å². The van der Waals surface area contributed by atoms with Gasteiger partial charge < -0.3 is 28.5 Å². The number of allylic oxidation sites excluding steroid dienone is 1. The van der Waals surface area contributed by atoms with Gasteiger partial charge in [0.25, 0.3) is 7.82 Å². The Morgan fingerprint density at radius 3 is 1.24 bits per heavy atom. The predicted molar refractivity (Wildman–Crippen MR) is 280 cm³/mol. The Morgan fingerprint density at radius 2 is 0.864 bits per heavy atom. The second-order valence-electron chi connectivity index (χ2n) is 20.8. The second kappa shape index (κ2) is 47.4. The molecule has 0 heterocycles. The van der Waals surface area contributed by atoms with E-state index in [4.69, 9.17) is 13.8 Å². The van der Waals surface area contributed by atoms with Gasteiger partial charge in [-0.3, -0.25) is 14.2 Å². The van der Waals surface area contributed by atoms with Crippen LogP contribution in [-0.2, 0) is 27.9 Å². The summed E-state index contributed by atoms with van der Waals surface area (Å²) >= 11 is 0. The third kappa shape index (κ3) is 47.8. The number of hydrogen-bond donors (Lipinski definition) is 1. The number of likely N-dealkylation sites (N-methyl/N-ethyl adjacent to an activating group) is 1. The summed E-state index contributed by atoms with van der Waals surface area (Å²) in [4.78, 5) is 39.8. The van der Waals surface area contributed by atoms with Gasteiger partial charge >= 0.3 is 5.97 Å². The molecule has 0 spiro atoms. The Labute approximate surface area is 410 Å². The average Bonchev–Trinajstić information content (AvgIpc) is 3.27. The quantitative estimate of drug-likeness (QED) is 0.0212. The molecular formula is C56H111N2O7P. The molecule has 0 aromatic rings. The van der Waals surface area contributed by atoms with E-state index in [0.717, 1.165) is 57.8 Å². The van der Waals surface area contributed by atoms with E-state index >= 15 is 0 Å². The van der Waals surface area contributed by atoms with E-state index in [1.165, 1.54) is 193 Å².